The van der Waals surface area contributed by atoms with Gasteiger partial charge >= 0.3 is 0 Å². The van der Waals surface area contributed by atoms with E-state index in [1.54, 1.807) is 6.07 Å². The van der Waals surface area contributed by atoms with Crippen LogP contribution in [-0.2, 0) is 6.42 Å². The fraction of sp³-hybridized carbons (Fsp3) is 0.462. The Morgan fingerprint density at radius 3 is 2.73 bits per heavy atom. The molecule has 0 aliphatic heterocycles. The van der Waals surface area contributed by atoms with E-state index in [-0.39, 0.29) is 0 Å². The highest BCUT2D eigenvalue weighted by Crippen LogP contribution is 2.17. The zero-order valence-corrected chi connectivity index (χ0v) is 9.29. The van der Waals surface area contributed by atoms with Crippen molar-refractivity contribution >= 4 is 5.69 Å². The summed E-state index contributed by atoms with van der Waals surface area (Å²) in [6, 6.07) is 7.64. The predicted octanol–water partition coefficient (Wildman–Crippen LogP) is 3.26. The van der Waals surface area contributed by atoms with Crippen molar-refractivity contribution in [3.63, 3.8) is 0 Å². The Morgan fingerprint density at radius 1 is 1.27 bits per heavy atom. The molecule has 1 rings (SSSR count). The van der Waals surface area contributed by atoms with Crippen LogP contribution in [-0.4, -0.2) is 0 Å². The van der Waals surface area contributed by atoms with Crippen molar-refractivity contribution < 1.29 is 0 Å². The summed E-state index contributed by atoms with van der Waals surface area (Å²) >= 11 is 0. The monoisotopic (exact) mass is 202 g/mol. The van der Waals surface area contributed by atoms with Crippen LogP contribution in [0.1, 0.15) is 43.7 Å². The van der Waals surface area contributed by atoms with Crippen molar-refractivity contribution in [3.05, 3.63) is 29.3 Å². The molecule has 1 aromatic carbocycles. The number of benzene rings is 1. The smallest absolute Gasteiger partial charge is 0.0991 e. The molecule has 2 N–H and O–H groups in total. The summed E-state index contributed by atoms with van der Waals surface area (Å²) in [5, 5.41) is 8.77. The molecule has 1 aromatic rings. The Morgan fingerprint density at radius 2 is 2.07 bits per heavy atom. The van der Waals surface area contributed by atoms with Crippen LogP contribution in [0.4, 0.5) is 5.69 Å². The molecule has 0 saturated carbocycles. The average molecular weight is 202 g/mol. The number of nitriles is 1. The first-order valence-corrected chi connectivity index (χ1v) is 5.56. The first-order chi connectivity index (χ1) is 7.27. The van der Waals surface area contributed by atoms with Gasteiger partial charge in [-0.2, -0.15) is 5.26 Å². The van der Waals surface area contributed by atoms with Crippen LogP contribution < -0.4 is 5.73 Å². The van der Waals surface area contributed by atoms with Gasteiger partial charge < -0.3 is 5.73 Å². The fourth-order valence-electron chi connectivity index (χ4n) is 1.63. The molecule has 80 valence electrons. The van der Waals surface area contributed by atoms with Crippen molar-refractivity contribution in [2.45, 2.75) is 39.0 Å². The molecule has 0 aliphatic rings. The number of nitrogens with zero attached hydrogens (tertiary/aromatic N) is 1. The molecule has 0 atom stereocenters. The van der Waals surface area contributed by atoms with Gasteiger partial charge in [0.2, 0.25) is 0 Å². The maximum atomic E-state index is 8.77. The molecular formula is C13H18N2. The first-order valence-electron chi connectivity index (χ1n) is 5.56. The topological polar surface area (TPSA) is 49.8 Å². The van der Waals surface area contributed by atoms with Crippen LogP contribution in [0.25, 0.3) is 0 Å². The third kappa shape index (κ3) is 3.63. The minimum Gasteiger partial charge on any atom is -0.399 e. The molecule has 0 unspecified atom stereocenters. The summed E-state index contributed by atoms with van der Waals surface area (Å²) in [7, 11) is 0. The number of rotatable bonds is 5. The number of hydrogen-bond donors (Lipinski definition) is 1. The summed E-state index contributed by atoms with van der Waals surface area (Å²) < 4.78 is 0. The summed E-state index contributed by atoms with van der Waals surface area (Å²) in [6.07, 6.45) is 5.91. The van der Waals surface area contributed by atoms with E-state index in [0.29, 0.717) is 5.56 Å². The third-order valence-electron chi connectivity index (χ3n) is 2.57. The molecular weight excluding hydrogens is 184 g/mol. The SMILES string of the molecule is CCCCCCc1cc(C#N)ccc1N. The van der Waals surface area contributed by atoms with E-state index < -0.39 is 0 Å². The largest absolute Gasteiger partial charge is 0.399 e. The van der Waals surface area contributed by atoms with E-state index in [1.807, 2.05) is 12.1 Å². The van der Waals surface area contributed by atoms with E-state index >= 15 is 0 Å². The molecule has 0 bridgehead atoms. The maximum Gasteiger partial charge on any atom is 0.0991 e. The van der Waals surface area contributed by atoms with Crippen molar-refractivity contribution in [1.29, 1.82) is 5.26 Å². The summed E-state index contributed by atoms with van der Waals surface area (Å²) in [4.78, 5) is 0. The molecule has 0 spiro atoms. The van der Waals surface area contributed by atoms with Gasteiger partial charge in [-0.1, -0.05) is 26.2 Å². The van der Waals surface area contributed by atoms with Gasteiger partial charge in [0.15, 0.2) is 0 Å². The van der Waals surface area contributed by atoms with Gasteiger partial charge in [-0.3, -0.25) is 0 Å². The standard InChI is InChI=1S/C13H18N2/c1-2-3-4-5-6-12-9-11(10-14)7-8-13(12)15/h7-9H,2-6,15H2,1H3. The zero-order chi connectivity index (χ0) is 11.1. The Bertz CT molecular complexity index is 350. The van der Waals surface area contributed by atoms with Crippen LogP contribution in [0.2, 0.25) is 0 Å². The van der Waals surface area contributed by atoms with E-state index in [1.165, 1.54) is 19.3 Å². The van der Waals surface area contributed by atoms with Gasteiger partial charge in [0, 0.05) is 5.69 Å². The second-order valence-electron chi connectivity index (χ2n) is 3.84. The summed E-state index contributed by atoms with van der Waals surface area (Å²) in [6.45, 7) is 2.20. The molecule has 0 radical (unpaired) electrons. The van der Waals surface area contributed by atoms with Crippen LogP contribution in [0, 0.1) is 11.3 Å². The second kappa shape index (κ2) is 6.08. The van der Waals surface area contributed by atoms with Gasteiger partial charge in [0.05, 0.1) is 11.6 Å². The number of nitrogens with two attached hydrogens (primary N) is 1. The molecule has 0 saturated heterocycles. The molecule has 0 aliphatic carbocycles. The minimum absolute atomic E-state index is 0.703. The second-order valence-corrected chi connectivity index (χ2v) is 3.84. The molecule has 15 heavy (non-hydrogen) atoms. The predicted molar refractivity (Wildman–Crippen MR) is 63.4 cm³/mol. The first kappa shape index (κ1) is 11.6. The van der Waals surface area contributed by atoms with Gasteiger partial charge in [-0.05, 0) is 36.6 Å². The van der Waals surface area contributed by atoms with E-state index in [4.69, 9.17) is 11.0 Å². The number of aryl methyl sites for hydroxylation is 1. The number of nitrogen functional groups attached to an aromatic ring is 1. The third-order valence-corrected chi connectivity index (χ3v) is 2.57. The average Bonchev–Trinajstić information content (AvgIpc) is 2.26. The number of hydrogen-bond acceptors (Lipinski definition) is 2. The lowest BCUT2D eigenvalue weighted by atomic mass is 10.0. The van der Waals surface area contributed by atoms with Gasteiger partial charge in [-0.15, -0.1) is 0 Å². The van der Waals surface area contributed by atoms with Gasteiger partial charge in [0.1, 0.15) is 0 Å². The fourth-order valence-corrected chi connectivity index (χ4v) is 1.63. The maximum absolute atomic E-state index is 8.77. The lowest BCUT2D eigenvalue weighted by Gasteiger charge is -2.05. The Hall–Kier alpha value is -1.49. The Balaban J connectivity index is 2.56. The number of anilines is 1. The van der Waals surface area contributed by atoms with Crippen LogP contribution >= 0.6 is 0 Å². The molecule has 0 heterocycles. The van der Waals surface area contributed by atoms with Crippen molar-refractivity contribution in [2.24, 2.45) is 0 Å². The minimum atomic E-state index is 0.703. The van der Waals surface area contributed by atoms with Crippen molar-refractivity contribution in [3.8, 4) is 6.07 Å². The van der Waals surface area contributed by atoms with Gasteiger partial charge in [0.25, 0.3) is 0 Å². The Kier molecular flexibility index (Phi) is 4.70. The van der Waals surface area contributed by atoms with E-state index in [9.17, 15) is 0 Å². The van der Waals surface area contributed by atoms with Gasteiger partial charge in [-0.25, -0.2) is 0 Å². The highest BCUT2D eigenvalue weighted by molar-refractivity contribution is 5.51. The van der Waals surface area contributed by atoms with Crippen molar-refractivity contribution in [1.82, 2.24) is 0 Å². The Labute approximate surface area is 91.7 Å². The summed E-state index contributed by atoms with van der Waals surface area (Å²) in [5.41, 5.74) is 8.48. The van der Waals surface area contributed by atoms with Crippen LogP contribution in [0.15, 0.2) is 18.2 Å². The lowest BCUT2D eigenvalue weighted by Crippen LogP contribution is -1.95. The molecule has 0 fully saturated rings. The highest BCUT2D eigenvalue weighted by atomic mass is 14.6. The molecule has 0 aromatic heterocycles. The van der Waals surface area contributed by atoms with E-state index in [2.05, 4.69) is 13.0 Å². The summed E-state index contributed by atoms with van der Waals surface area (Å²) in [5.74, 6) is 0. The van der Waals surface area contributed by atoms with Crippen LogP contribution in [0.5, 0.6) is 0 Å². The molecule has 0 amide bonds. The lowest BCUT2D eigenvalue weighted by molar-refractivity contribution is 0.667. The normalized spacial score (nSPS) is 9.87. The quantitative estimate of drug-likeness (QED) is 0.588. The van der Waals surface area contributed by atoms with Crippen molar-refractivity contribution in [2.75, 3.05) is 5.73 Å². The highest BCUT2D eigenvalue weighted by Gasteiger charge is 2.00. The molecule has 2 heteroatoms. The van der Waals surface area contributed by atoms with E-state index in [0.717, 1.165) is 24.1 Å². The zero-order valence-electron chi connectivity index (χ0n) is 9.29. The van der Waals surface area contributed by atoms with Crippen LogP contribution in [0.3, 0.4) is 0 Å². The molecule has 2 nitrogen and oxygen atoms in total. The number of unbranched alkanes of at least 4 members (excludes halogenated alkanes) is 3.